The number of hydrogen-bond acceptors (Lipinski definition) is 3. The van der Waals surface area contributed by atoms with Gasteiger partial charge >= 0.3 is 0 Å². The van der Waals surface area contributed by atoms with Crippen molar-refractivity contribution < 1.29 is 13.6 Å². The second-order valence-corrected chi connectivity index (χ2v) is 3.91. The SMILES string of the molecule is [2H]C([2H])([2H])C1(NCC(C)(C)OC=O)CC1. The summed E-state index contributed by atoms with van der Waals surface area (Å²) in [6.45, 7) is 2.24. The maximum atomic E-state index is 10.2. The molecule has 1 N–H and O–H groups in total. The maximum Gasteiger partial charge on any atom is 0.293 e. The molecular formula is C9H17NO2. The Labute approximate surface area is 77.7 Å². The van der Waals surface area contributed by atoms with Gasteiger partial charge in [-0.1, -0.05) is 0 Å². The summed E-state index contributed by atoms with van der Waals surface area (Å²) in [5.41, 5.74) is -1.42. The minimum Gasteiger partial charge on any atom is -0.461 e. The molecule has 1 fully saturated rings. The predicted octanol–water partition coefficient (Wildman–Crippen LogP) is 1.08. The molecule has 0 radical (unpaired) electrons. The molecule has 1 aliphatic rings. The number of rotatable bonds is 5. The van der Waals surface area contributed by atoms with E-state index in [9.17, 15) is 4.79 Å². The normalized spacial score (nSPS) is 25.0. The van der Waals surface area contributed by atoms with Gasteiger partial charge in [0, 0.05) is 16.2 Å². The number of carbonyl (C=O) groups is 1. The van der Waals surface area contributed by atoms with E-state index in [1.807, 2.05) is 0 Å². The fourth-order valence-electron chi connectivity index (χ4n) is 0.856. The van der Waals surface area contributed by atoms with Crippen LogP contribution >= 0.6 is 0 Å². The molecule has 12 heavy (non-hydrogen) atoms. The van der Waals surface area contributed by atoms with E-state index in [1.54, 1.807) is 13.8 Å². The topological polar surface area (TPSA) is 38.3 Å². The van der Waals surface area contributed by atoms with E-state index < -0.39 is 18.0 Å². The van der Waals surface area contributed by atoms with Crippen LogP contribution in [0, 0.1) is 0 Å². The van der Waals surface area contributed by atoms with Gasteiger partial charge in [0.05, 0.1) is 0 Å². The highest BCUT2D eigenvalue weighted by atomic mass is 16.5. The molecule has 0 spiro atoms. The summed E-state index contributed by atoms with van der Waals surface area (Å²) >= 11 is 0. The standard InChI is InChI=1S/C9H17NO2/c1-8(2,12-7-11)6-10-9(3)4-5-9/h7,10H,4-6H2,1-3H3/i3D3. The third kappa shape index (κ3) is 2.81. The first kappa shape index (κ1) is 5.97. The molecule has 0 aromatic carbocycles. The van der Waals surface area contributed by atoms with Gasteiger partial charge in [0.1, 0.15) is 5.60 Å². The van der Waals surface area contributed by atoms with E-state index in [1.165, 1.54) is 0 Å². The average Bonchev–Trinajstić information content (AvgIpc) is 2.79. The molecule has 1 saturated carbocycles. The Morgan fingerprint density at radius 1 is 1.75 bits per heavy atom. The lowest BCUT2D eigenvalue weighted by atomic mass is 10.1. The highest BCUT2D eigenvalue weighted by Gasteiger charge is 2.38. The van der Waals surface area contributed by atoms with Gasteiger partial charge in [-0.25, -0.2) is 0 Å². The van der Waals surface area contributed by atoms with Gasteiger partial charge in [0.15, 0.2) is 0 Å². The van der Waals surface area contributed by atoms with Gasteiger partial charge in [-0.05, 0) is 33.5 Å². The van der Waals surface area contributed by atoms with Gasteiger partial charge in [0.25, 0.3) is 6.47 Å². The molecule has 0 saturated heterocycles. The Hall–Kier alpha value is -0.570. The summed E-state index contributed by atoms with van der Waals surface area (Å²) in [4.78, 5) is 10.2. The molecule has 1 rings (SSSR count). The van der Waals surface area contributed by atoms with Gasteiger partial charge < -0.3 is 10.1 Å². The van der Waals surface area contributed by atoms with Gasteiger partial charge in [0.2, 0.25) is 0 Å². The third-order valence-electron chi connectivity index (χ3n) is 1.97. The summed E-state index contributed by atoms with van der Waals surface area (Å²) in [5, 5.41) is 2.99. The fraction of sp³-hybridized carbons (Fsp3) is 0.889. The summed E-state index contributed by atoms with van der Waals surface area (Å²) in [6, 6.07) is 0. The fourth-order valence-corrected chi connectivity index (χ4v) is 0.856. The Morgan fingerprint density at radius 2 is 2.42 bits per heavy atom. The molecule has 0 aromatic rings. The lowest BCUT2D eigenvalue weighted by Crippen LogP contribution is -2.42. The number of nitrogens with one attached hydrogen (secondary N) is 1. The molecule has 0 aromatic heterocycles. The zero-order valence-corrected chi connectivity index (χ0v) is 7.52. The monoisotopic (exact) mass is 174 g/mol. The van der Waals surface area contributed by atoms with Crippen LogP contribution in [0.25, 0.3) is 0 Å². The van der Waals surface area contributed by atoms with E-state index >= 15 is 0 Å². The van der Waals surface area contributed by atoms with Gasteiger partial charge in [-0.15, -0.1) is 0 Å². The Bertz CT molecular complexity index is 246. The van der Waals surface area contributed by atoms with Crippen molar-refractivity contribution in [3.05, 3.63) is 0 Å². The lowest BCUT2D eigenvalue weighted by Gasteiger charge is -2.25. The number of hydrogen-bond donors (Lipinski definition) is 1. The quantitative estimate of drug-likeness (QED) is 0.634. The Morgan fingerprint density at radius 3 is 2.83 bits per heavy atom. The molecule has 1 aliphatic carbocycles. The average molecular weight is 174 g/mol. The zero-order chi connectivity index (χ0) is 11.7. The number of ether oxygens (including phenoxy) is 1. The Kier molecular flexibility index (Phi) is 1.52. The van der Waals surface area contributed by atoms with Crippen LogP contribution in [-0.4, -0.2) is 24.2 Å². The van der Waals surface area contributed by atoms with Gasteiger partial charge in [-0.2, -0.15) is 0 Å². The van der Waals surface area contributed by atoms with Crippen molar-refractivity contribution in [1.82, 2.24) is 5.32 Å². The summed E-state index contributed by atoms with van der Waals surface area (Å²) < 4.78 is 26.9. The van der Waals surface area contributed by atoms with E-state index in [0.29, 0.717) is 25.9 Å². The first-order valence-electron chi connectivity index (χ1n) is 5.59. The van der Waals surface area contributed by atoms with Crippen LogP contribution in [0.3, 0.4) is 0 Å². The maximum absolute atomic E-state index is 10.2. The summed E-state index contributed by atoms with van der Waals surface area (Å²) in [5.74, 6) is 0. The lowest BCUT2D eigenvalue weighted by molar-refractivity contribution is -0.140. The zero-order valence-electron chi connectivity index (χ0n) is 10.5. The van der Waals surface area contributed by atoms with Crippen LogP contribution < -0.4 is 5.32 Å². The molecule has 0 unspecified atom stereocenters. The van der Waals surface area contributed by atoms with Gasteiger partial charge in [-0.3, -0.25) is 4.79 Å². The van der Waals surface area contributed by atoms with Crippen LogP contribution in [0.2, 0.25) is 0 Å². The van der Waals surface area contributed by atoms with Crippen LogP contribution in [0.1, 0.15) is 37.7 Å². The number of carbonyl (C=O) groups excluding carboxylic acids is 1. The molecule has 0 amide bonds. The van der Waals surface area contributed by atoms with Crippen molar-refractivity contribution in [1.29, 1.82) is 0 Å². The van der Waals surface area contributed by atoms with Crippen LogP contribution in [0.4, 0.5) is 0 Å². The van der Waals surface area contributed by atoms with Crippen LogP contribution in [0.5, 0.6) is 0 Å². The van der Waals surface area contributed by atoms with Crippen molar-refractivity contribution in [2.75, 3.05) is 6.54 Å². The smallest absolute Gasteiger partial charge is 0.293 e. The second-order valence-electron chi connectivity index (χ2n) is 3.91. The highest BCUT2D eigenvalue weighted by molar-refractivity contribution is 5.38. The first-order chi connectivity index (χ1) is 6.72. The van der Waals surface area contributed by atoms with E-state index in [2.05, 4.69) is 5.32 Å². The molecule has 3 nitrogen and oxygen atoms in total. The largest absolute Gasteiger partial charge is 0.461 e. The van der Waals surface area contributed by atoms with Crippen molar-refractivity contribution in [2.24, 2.45) is 0 Å². The molecule has 0 aliphatic heterocycles. The third-order valence-corrected chi connectivity index (χ3v) is 1.97. The van der Waals surface area contributed by atoms with Crippen LogP contribution in [0.15, 0.2) is 0 Å². The molecular weight excluding hydrogens is 154 g/mol. The van der Waals surface area contributed by atoms with Crippen LogP contribution in [-0.2, 0) is 9.53 Å². The predicted molar refractivity (Wildman–Crippen MR) is 46.9 cm³/mol. The summed E-state index contributed by atoms with van der Waals surface area (Å²) in [6.07, 6.45) is 1.31. The van der Waals surface area contributed by atoms with E-state index in [4.69, 9.17) is 8.85 Å². The molecule has 0 bridgehead atoms. The first-order valence-corrected chi connectivity index (χ1v) is 4.09. The second kappa shape index (κ2) is 3.05. The Balaban J connectivity index is 2.47. The van der Waals surface area contributed by atoms with Crippen molar-refractivity contribution in [2.45, 2.75) is 44.7 Å². The molecule has 70 valence electrons. The molecule has 0 atom stereocenters. The molecule has 0 heterocycles. The minimum absolute atomic E-state index is 0.351. The van der Waals surface area contributed by atoms with E-state index in [0.717, 1.165) is 0 Å². The molecule has 3 heteroatoms. The van der Waals surface area contributed by atoms with Crippen molar-refractivity contribution in [3.63, 3.8) is 0 Å². The highest BCUT2D eigenvalue weighted by Crippen LogP contribution is 2.34. The van der Waals surface area contributed by atoms with E-state index in [-0.39, 0.29) is 0 Å². The van der Waals surface area contributed by atoms with Crippen molar-refractivity contribution in [3.8, 4) is 0 Å². The van der Waals surface area contributed by atoms with Crippen molar-refractivity contribution >= 4 is 6.47 Å². The minimum atomic E-state index is -1.98. The summed E-state index contributed by atoms with van der Waals surface area (Å²) in [7, 11) is 0.